The Morgan fingerprint density at radius 1 is 1.19 bits per heavy atom. The summed E-state index contributed by atoms with van der Waals surface area (Å²) in [6.45, 7) is 7.46. The molecule has 0 radical (unpaired) electrons. The molecule has 148 valence electrons. The van der Waals surface area contributed by atoms with Gasteiger partial charge in [-0.15, -0.1) is 10.2 Å². The molecule has 7 nitrogen and oxygen atoms in total. The zero-order valence-corrected chi connectivity index (χ0v) is 17.4. The summed E-state index contributed by atoms with van der Waals surface area (Å²) in [7, 11) is 3.26. The van der Waals surface area contributed by atoms with E-state index >= 15 is 0 Å². The number of nitrogens with zero attached hydrogens (tertiary/aromatic N) is 3. The maximum atomic E-state index is 12.1. The number of carbonyl (C=O) groups excluding carboxylic acids is 1. The lowest BCUT2D eigenvalue weighted by Crippen LogP contribution is -2.36. The van der Waals surface area contributed by atoms with Crippen LogP contribution in [0.25, 0.3) is 11.4 Å². The number of aromatic nitrogens is 3. The van der Waals surface area contributed by atoms with Crippen molar-refractivity contribution in [2.75, 3.05) is 26.6 Å². The van der Waals surface area contributed by atoms with Gasteiger partial charge in [-0.3, -0.25) is 4.79 Å². The first-order chi connectivity index (χ1) is 12.9. The normalized spacial score (nSPS) is 12.2. The second kappa shape index (κ2) is 10.3. The van der Waals surface area contributed by atoms with Gasteiger partial charge in [0.1, 0.15) is 5.75 Å². The van der Waals surface area contributed by atoms with E-state index in [2.05, 4.69) is 33.9 Å². The van der Waals surface area contributed by atoms with Crippen molar-refractivity contribution in [2.45, 2.75) is 38.5 Å². The maximum Gasteiger partial charge on any atom is 0.230 e. The van der Waals surface area contributed by atoms with Crippen LogP contribution < -0.4 is 10.1 Å². The zero-order valence-electron chi connectivity index (χ0n) is 16.6. The van der Waals surface area contributed by atoms with Crippen molar-refractivity contribution in [3.05, 3.63) is 24.3 Å². The summed E-state index contributed by atoms with van der Waals surface area (Å²) in [6.07, 6.45) is 0. The molecule has 0 saturated heterocycles. The predicted molar refractivity (Wildman–Crippen MR) is 107 cm³/mol. The number of hydrogen-bond donors (Lipinski definition) is 1. The van der Waals surface area contributed by atoms with Gasteiger partial charge in [-0.2, -0.15) is 0 Å². The van der Waals surface area contributed by atoms with Crippen molar-refractivity contribution in [1.82, 2.24) is 20.1 Å². The molecule has 0 aliphatic carbocycles. The molecule has 1 atom stereocenters. The van der Waals surface area contributed by atoms with Crippen LogP contribution >= 0.6 is 11.8 Å². The minimum absolute atomic E-state index is 0.0218. The fraction of sp³-hybridized carbons (Fsp3) is 0.526. The Kier molecular flexibility index (Phi) is 8.12. The van der Waals surface area contributed by atoms with Gasteiger partial charge in [0.25, 0.3) is 0 Å². The molecule has 1 amide bonds. The van der Waals surface area contributed by atoms with Crippen LogP contribution in [0.1, 0.15) is 20.8 Å². The molecule has 0 saturated carbocycles. The van der Waals surface area contributed by atoms with Gasteiger partial charge in [0.2, 0.25) is 5.91 Å². The van der Waals surface area contributed by atoms with Crippen LogP contribution in [0.4, 0.5) is 0 Å². The van der Waals surface area contributed by atoms with Crippen LogP contribution in [-0.4, -0.2) is 53.3 Å². The summed E-state index contributed by atoms with van der Waals surface area (Å²) in [6, 6.07) is 7.72. The van der Waals surface area contributed by atoms with Gasteiger partial charge < -0.3 is 19.4 Å². The highest BCUT2D eigenvalue weighted by Gasteiger charge is 2.17. The Morgan fingerprint density at radius 3 is 2.48 bits per heavy atom. The van der Waals surface area contributed by atoms with Gasteiger partial charge in [-0.25, -0.2) is 0 Å². The van der Waals surface area contributed by atoms with Crippen molar-refractivity contribution in [1.29, 1.82) is 0 Å². The van der Waals surface area contributed by atoms with Gasteiger partial charge >= 0.3 is 0 Å². The third-order valence-electron chi connectivity index (χ3n) is 3.77. The summed E-state index contributed by atoms with van der Waals surface area (Å²) in [4.78, 5) is 12.1. The number of nitrogens with one attached hydrogen (secondary N) is 1. The Balaban J connectivity index is 2.14. The number of thioether (sulfide) groups is 1. The van der Waals surface area contributed by atoms with Crippen LogP contribution in [0.15, 0.2) is 29.4 Å². The van der Waals surface area contributed by atoms with E-state index < -0.39 is 0 Å². The Morgan fingerprint density at radius 2 is 1.89 bits per heavy atom. The van der Waals surface area contributed by atoms with Gasteiger partial charge in [0.15, 0.2) is 11.0 Å². The Labute approximate surface area is 164 Å². The molecule has 1 N–H and O–H groups in total. The van der Waals surface area contributed by atoms with Crippen molar-refractivity contribution in [3.8, 4) is 17.1 Å². The predicted octanol–water partition coefficient (Wildman–Crippen LogP) is 2.85. The van der Waals surface area contributed by atoms with Gasteiger partial charge in [0, 0.05) is 25.3 Å². The molecule has 1 aromatic carbocycles. The Hall–Kier alpha value is -2.06. The van der Waals surface area contributed by atoms with E-state index in [0.29, 0.717) is 12.5 Å². The van der Waals surface area contributed by atoms with E-state index in [-0.39, 0.29) is 17.7 Å². The van der Waals surface area contributed by atoms with Gasteiger partial charge in [0.05, 0.1) is 19.5 Å². The highest BCUT2D eigenvalue weighted by atomic mass is 32.2. The monoisotopic (exact) mass is 392 g/mol. The lowest BCUT2D eigenvalue weighted by Gasteiger charge is -2.14. The SMILES string of the molecule is COC[C@H](C)NC(=O)CSc1nnc(-c2ccc(OC)cc2)n1CC(C)C. The van der Waals surface area contributed by atoms with Crippen LogP contribution in [0.2, 0.25) is 0 Å². The quantitative estimate of drug-likeness (QED) is 0.627. The molecule has 2 rings (SSSR count). The molecule has 2 aromatic rings. The van der Waals surface area contributed by atoms with E-state index in [1.807, 2.05) is 31.2 Å². The average molecular weight is 393 g/mol. The maximum absolute atomic E-state index is 12.1. The lowest BCUT2D eigenvalue weighted by atomic mass is 10.2. The summed E-state index contributed by atoms with van der Waals surface area (Å²) in [5.41, 5.74) is 0.967. The van der Waals surface area contributed by atoms with E-state index in [1.54, 1.807) is 14.2 Å². The third kappa shape index (κ3) is 6.25. The van der Waals surface area contributed by atoms with E-state index in [4.69, 9.17) is 9.47 Å². The molecule has 1 heterocycles. The second-order valence-corrected chi connectivity index (χ2v) is 7.69. The zero-order chi connectivity index (χ0) is 19.8. The summed E-state index contributed by atoms with van der Waals surface area (Å²) < 4.78 is 12.3. The standard InChI is InChI=1S/C19H28N4O3S/c1-13(2)10-23-18(15-6-8-16(26-5)9-7-15)21-22-19(23)27-12-17(24)20-14(3)11-25-4/h6-9,13-14H,10-12H2,1-5H3,(H,20,24)/t14-/m0/s1. The first-order valence-electron chi connectivity index (χ1n) is 8.93. The van der Waals surface area contributed by atoms with Crippen molar-refractivity contribution < 1.29 is 14.3 Å². The van der Waals surface area contributed by atoms with Gasteiger partial charge in [-0.1, -0.05) is 25.6 Å². The Bertz CT molecular complexity index is 731. The summed E-state index contributed by atoms with van der Waals surface area (Å²) in [5.74, 6) is 2.25. The molecule has 0 fully saturated rings. The first kappa shape index (κ1) is 21.2. The second-order valence-electron chi connectivity index (χ2n) is 6.75. The fourth-order valence-electron chi connectivity index (χ4n) is 2.62. The van der Waals surface area contributed by atoms with Crippen molar-refractivity contribution in [2.24, 2.45) is 5.92 Å². The summed E-state index contributed by atoms with van der Waals surface area (Å²) >= 11 is 1.39. The van der Waals surface area contributed by atoms with Gasteiger partial charge in [-0.05, 0) is 37.1 Å². The number of hydrogen-bond acceptors (Lipinski definition) is 6. The minimum Gasteiger partial charge on any atom is -0.497 e. The van der Waals surface area contributed by atoms with E-state index in [9.17, 15) is 4.79 Å². The minimum atomic E-state index is -0.0466. The van der Waals surface area contributed by atoms with Crippen LogP contribution in [0.3, 0.4) is 0 Å². The van der Waals surface area contributed by atoms with Crippen LogP contribution in [0.5, 0.6) is 5.75 Å². The molecule has 8 heteroatoms. The highest BCUT2D eigenvalue weighted by molar-refractivity contribution is 7.99. The number of rotatable bonds is 10. The smallest absolute Gasteiger partial charge is 0.230 e. The molecule has 0 spiro atoms. The van der Waals surface area contributed by atoms with E-state index in [1.165, 1.54) is 11.8 Å². The lowest BCUT2D eigenvalue weighted by molar-refractivity contribution is -0.119. The molecule has 0 aliphatic heterocycles. The number of benzene rings is 1. The molecule has 27 heavy (non-hydrogen) atoms. The number of amides is 1. The van der Waals surface area contributed by atoms with Crippen molar-refractivity contribution >= 4 is 17.7 Å². The molecule has 1 aromatic heterocycles. The van der Waals surface area contributed by atoms with Crippen LogP contribution in [0, 0.1) is 5.92 Å². The molecule has 0 aliphatic rings. The third-order valence-corrected chi connectivity index (χ3v) is 4.74. The average Bonchev–Trinajstić information content (AvgIpc) is 3.02. The molecule has 0 bridgehead atoms. The molecular weight excluding hydrogens is 364 g/mol. The topological polar surface area (TPSA) is 78.3 Å². The van der Waals surface area contributed by atoms with E-state index in [0.717, 1.165) is 28.8 Å². The first-order valence-corrected chi connectivity index (χ1v) is 9.91. The van der Waals surface area contributed by atoms with Crippen LogP contribution in [-0.2, 0) is 16.1 Å². The largest absolute Gasteiger partial charge is 0.497 e. The molecular formula is C19H28N4O3S. The highest BCUT2D eigenvalue weighted by Crippen LogP contribution is 2.26. The number of ether oxygens (including phenoxy) is 2. The number of methoxy groups -OCH3 is 2. The fourth-order valence-corrected chi connectivity index (χ4v) is 3.38. The summed E-state index contributed by atoms with van der Waals surface area (Å²) in [5, 5.41) is 12.3. The molecule has 0 unspecified atom stereocenters. The number of carbonyl (C=O) groups is 1. The van der Waals surface area contributed by atoms with Crippen molar-refractivity contribution in [3.63, 3.8) is 0 Å².